The first kappa shape index (κ1) is 24.3. The Bertz CT molecular complexity index is 1310. The number of hydrogen-bond donors (Lipinski definition) is 0. The lowest BCUT2D eigenvalue weighted by Crippen LogP contribution is -2.14. The molecule has 3 aromatic carbocycles. The third kappa shape index (κ3) is 4.67. The predicted molar refractivity (Wildman–Crippen MR) is 127 cm³/mol. The number of rotatable bonds is 6. The molecule has 1 atom stereocenters. The average molecular weight is 497 g/mol. The Hall–Kier alpha value is -3.45. The number of esters is 1. The Labute approximate surface area is 206 Å². The molecule has 0 aromatic heterocycles. The minimum absolute atomic E-state index is 0.0302. The van der Waals surface area contributed by atoms with E-state index in [1.54, 1.807) is 0 Å². The lowest BCUT2D eigenvalue weighted by Gasteiger charge is -2.27. The van der Waals surface area contributed by atoms with E-state index in [9.17, 15) is 22.4 Å². The summed E-state index contributed by atoms with van der Waals surface area (Å²) in [4.78, 5) is 12.6. The van der Waals surface area contributed by atoms with Crippen LogP contribution in [-0.2, 0) is 4.74 Å². The second kappa shape index (κ2) is 9.90. The van der Waals surface area contributed by atoms with Gasteiger partial charge in [-0.1, -0.05) is 36.4 Å². The first-order chi connectivity index (χ1) is 17.4. The van der Waals surface area contributed by atoms with Gasteiger partial charge in [0, 0.05) is 11.1 Å². The molecule has 1 saturated heterocycles. The van der Waals surface area contributed by atoms with Crippen LogP contribution in [0.3, 0.4) is 0 Å². The number of benzene rings is 3. The molecule has 1 heterocycles. The maximum absolute atomic E-state index is 14.8. The van der Waals surface area contributed by atoms with Crippen LogP contribution in [0.25, 0.3) is 11.1 Å². The first-order valence-corrected chi connectivity index (χ1v) is 11.9. The molecule has 0 spiro atoms. The highest BCUT2D eigenvalue weighted by atomic mass is 19.2. The number of epoxide rings is 1. The van der Waals surface area contributed by atoms with Crippen molar-refractivity contribution in [1.82, 2.24) is 0 Å². The molecule has 3 aromatic rings. The number of ether oxygens (including phenoxy) is 2. The van der Waals surface area contributed by atoms with Crippen LogP contribution >= 0.6 is 0 Å². The van der Waals surface area contributed by atoms with E-state index in [4.69, 9.17) is 9.47 Å². The van der Waals surface area contributed by atoms with Crippen LogP contribution in [0.15, 0.2) is 61.2 Å². The van der Waals surface area contributed by atoms with E-state index in [0.717, 1.165) is 25.7 Å². The molecule has 36 heavy (non-hydrogen) atoms. The Kier molecular flexibility index (Phi) is 6.67. The van der Waals surface area contributed by atoms with E-state index < -0.39 is 41.1 Å². The molecule has 0 amide bonds. The van der Waals surface area contributed by atoms with Crippen molar-refractivity contribution in [2.45, 2.75) is 37.7 Å². The first-order valence-electron chi connectivity index (χ1n) is 11.9. The van der Waals surface area contributed by atoms with E-state index in [1.165, 1.54) is 48.5 Å². The summed E-state index contributed by atoms with van der Waals surface area (Å²) >= 11 is 0. The summed E-state index contributed by atoms with van der Waals surface area (Å²) in [6.07, 6.45) is 4.70. The highest BCUT2D eigenvalue weighted by molar-refractivity contribution is 5.91. The summed E-state index contributed by atoms with van der Waals surface area (Å²) in [7, 11) is 0. The van der Waals surface area contributed by atoms with Crippen molar-refractivity contribution < 1.29 is 31.8 Å². The lowest BCUT2D eigenvalue weighted by atomic mass is 9.78. The Morgan fingerprint density at radius 1 is 0.833 bits per heavy atom. The fourth-order valence-corrected chi connectivity index (χ4v) is 4.82. The molecule has 3 nitrogen and oxygen atoms in total. The van der Waals surface area contributed by atoms with Crippen molar-refractivity contribution in [3.63, 3.8) is 0 Å². The van der Waals surface area contributed by atoms with Crippen LogP contribution in [-0.4, -0.2) is 12.6 Å². The van der Waals surface area contributed by atoms with Gasteiger partial charge in [-0.25, -0.2) is 18.0 Å². The van der Waals surface area contributed by atoms with Gasteiger partial charge in [-0.05, 0) is 66.8 Å². The quantitative estimate of drug-likeness (QED) is 0.116. The molecule has 1 aliphatic heterocycles. The van der Waals surface area contributed by atoms with Crippen molar-refractivity contribution in [3.8, 4) is 16.9 Å². The van der Waals surface area contributed by atoms with Crippen molar-refractivity contribution in [1.29, 1.82) is 0 Å². The van der Waals surface area contributed by atoms with E-state index in [2.05, 4.69) is 6.58 Å². The second-order valence-corrected chi connectivity index (χ2v) is 9.25. The van der Waals surface area contributed by atoms with Crippen LogP contribution in [0.2, 0.25) is 0 Å². The normalized spacial score (nSPS) is 21.2. The molecule has 1 aliphatic carbocycles. The van der Waals surface area contributed by atoms with Gasteiger partial charge in [0.15, 0.2) is 23.2 Å². The molecule has 1 saturated carbocycles. The topological polar surface area (TPSA) is 38.8 Å². The highest BCUT2D eigenvalue weighted by Crippen LogP contribution is 2.39. The zero-order chi connectivity index (χ0) is 25.4. The van der Waals surface area contributed by atoms with Gasteiger partial charge in [-0.15, -0.1) is 6.58 Å². The zero-order valence-electron chi connectivity index (χ0n) is 19.4. The van der Waals surface area contributed by atoms with Gasteiger partial charge in [-0.3, -0.25) is 0 Å². The van der Waals surface area contributed by atoms with E-state index in [1.807, 2.05) is 6.08 Å². The molecular formula is C29H24F4O3. The maximum atomic E-state index is 14.8. The molecule has 7 heteroatoms. The molecule has 5 rings (SSSR count). The molecule has 2 aliphatic rings. The van der Waals surface area contributed by atoms with Gasteiger partial charge in [0.05, 0.1) is 12.2 Å². The molecule has 0 N–H and O–H groups in total. The van der Waals surface area contributed by atoms with Crippen LogP contribution < -0.4 is 4.74 Å². The number of allylic oxidation sites excluding steroid dienone is 1. The van der Waals surface area contributed by atoms with Gasteiger partial charge in [0.2, 0.25) is 5.82 Å². The molecular weight excluding hydrogens is 472 g/mol. The largest absolute Gasteiger partial charge is 0.420 e. The molecule has 1 unspecified atom stereocenters. The van der Waals surface area contributed by atoms with Crippen LogP contribution in [0.5, 0.6) is 5.75 Å². The third-order valence-corrected chi connectivity index (χ3v) is 7.05. The fourth-order valence-electron chi connectivity index (χ4n) is 4.82. The van der Waals surface area contributed by atoms with Crippen molar-refractivity contribution >= 4 is 5.97 Å². The monoisotopic (exact) mass is 496 g/mol. The number of carbonyl (C=O) groups excluding carboxylic acids is 1. The summed E-state index contributed by atoms with van der Waals surface area (Å²) in [6.45, 7) is 4.16. The molecule has 186 valence electrons. The van der Waals surface area contributed by atoms with E-state index in [0.29, 0.717) is 18.1 Å². The van der Waals surface area contributed by atoms with E-state index >= 15 is 0 Å². The van der Waals surface area contributed by atoms with Crippen LogP contribution in [0.4, 0.5) is 17.6 Å². The van der Waals surface area contributed by atoms with E-state index in [-0.39, 0.29) is 28.2 Å². The van der Waals surface area contributed by atoms with Crippen LogP contribution in [0, 0.1) is 29.2 Å². The Morgan fingerprint density at radius 3 is 2.11 bits per heavy atom. The van der Waals surface area contributed by atoms with Gasteiger partial charge in [0.25, 0.3) is 0 Å². The summed E-state index contributed by atoms with van der Waals surface area (Å²) in [5.41, 5.74) is 0.879. The zero-order valence-corrected chi connectivity index (χ0v) is 19.4. The molecule has 2 fully saturated rings. The lowest BCUT2D eigenvalue weighted by molar-refractivity contribution is 0.0726. The van der Waals surface area contributed by atoms with Crippen LogP contribution in [0.1, 0.15) is 59.2 Å². The fraction of sp³-hybridized carbons (Fsp3) is 0.276. The molecule has 0 bridgehead atoms. The number of hydrogen-bond acceptors (Lipinski definition) is 3. The summed E-state index contributed by atoms with van der Waals surface area (Å²) in [5, 5.41) is 0. The average Bonchev–Trinajstić information content (AvgIpc) is 3.74. The summed E-state index contributed by atoms with van der Waals surface area (Å²) in [5.74, 6) is -5.28. The Morgan fingerprint density at radius 2 is 1.47 bits per heavy atom. The van der Waals surface area contributed by atoms with Crippen molar-refractivity contribution in [2.75, 3.05) is 6.61 Å². The molecule has 0 radical (unpaired) electrons. The van der Waals surface area contributed by atoms with Gasteiger partial charge >= 0.3 is 5.97 Å². The Balaban J connectivity index is 1.30. The minimum atomic E-state index is -1.21. The third-order valence-electron chi connectivity index (χ3n) is 7.05. The number of carbonyl (C=O) groups is 1. The maximum Gasteiger partial charge on any atom is 0.343 e. The van der Waals surface area contributed by atoms with Crippen molar-refractivity contribution in [2.24, 2.45) is 5.92 Å². The predicted octanol–water partition coefficient (Wildman–Crippen LogP) is 7.66. The van der Waals surface area contributed by atoms with Gasteiger partial charge in [-0.2, -0.15) is 4.39 Å². The van der Waals surface area contributed by atoms with Gasteiger partial charge in [0.1, 0.15) is 6.10 Å². The standard InChI is InChI=1S/C29H24F4O3/c1-2-16-3-5-17(6-4-16)21-13-14-23(28(33)26(21)31)36-29(34)19-9-7-18(8-10-19)20-11-12-22(24-15-35-24)27(32)25(20)30/h2,7-14,16-17,24H,1,3-6,15H2. The van der Waals surface area contributed by atoms with Crippen molar-refractivity contribution in [3.05, 3.63) is 101 Å². The smallest absolute Gasteiger partial charge is 0.343 e. The van der Waals surface area contributed by atoms with Gasteiger partial charge < -0.3 is 9.47 Å². The second-order valence-electron chi connectivity index (χ2n) is 9.25. The SMILES string of the molecule is C=CC1CCC(c2ccc(OC(=O)c3ccc(-c4ccc(C5CO5)c(F)c4F)cc3)c(F)c2F)CC1. The summed E-state index contributed by atoms with van der Waals surface area (Å²) in [6, 6.07) is 11.2. The summed E-state index contributed by atoms with van der Waals surface area (Å²) < 4.78 is 68.6. The highest BCUT2D eigenvalue weighted by Gasteiger charge is 2.30. The number of halogens is 4. The minimum Gasteiger partial charge on any atom is -0.420 e.